The average Bonchev–Trinajstić information content (AvgIpc) is 3.43. The van der Waals surface area contributed by atoms with Crippen LogP contribution in [0.5, 0.6) is 17.5 Å². The summed E-state index contributed by atoms with van der Waals surface area (Å²) < 4.78 is 86.1. The SMILES string of the molecule is CC(C)Oc1cc(-n2nc(C(C)(C)C)oc2=O)c(Cl)cc1Cl.COc1cc(OC)nc(NC(=O)NS(=O)(=O)c2nc(C(F)(F)F)ccc2C(=O)O)n1. The van der Waals surface area contributed by atoms with E-state index in [0.717, 1.165) is 4.68 Å². The highest BCUT2D eigenvalue weighted by Crippen LogP contribution is 2.34. The van der Waals surface area contributed by atoms with Crippen molar-refractivity contribution in [1.82, 2.24) is 29.5 Å². The van der Waals surface area contributed by atoms with Crippen molar-refractivity contribution in [3.8, 4) is 23.2 Å². The van der Waals surface area contributed by atoms with Crippen molar-refractivity contribution in [3.63, 3.8) is 0 Å². The molecule has 282 valence electrons. The second-order valence-electron chi connectivity index (χ2n) is 11.4. The van der Waals surface area contributed by atoms with Gasteiger partial charge in [-0.1, -0.05) is 44.0 Å². The van der Waals surface area contributed by atoms with E-state index in [-0.39, 0.29) is 28.3 Å². The molecule has 0 spiro atoms. The predicted molar refractivity (Wildman–Crippen MR) is 177 cm³/mol. The molecule has 0 atom stereocenters. The molecule has 4 aromatic rings. The molecule has 0 radical (unpaired) electrons. The Kier molecular flexibility index (Phi) is 12.7. The van der Waals surface area contributed by atoms with Gasteiger partial charge in [0.25, 0.3) is 10.0 Å². The molecular weight excluding hydrogens is 766 g/mol. The van der Waals surface area contributed by atoms with Crippen LogP contribution in [-0.2, 0) is 21.6 Å². The monoisotopic (exact) mass is 795 g/mol. The molecule has 3 heterocycles. The Bertz CT molecular complexity index is 2110. The Labute approximate surface area is 303 Å². The molecule has 4 rings (SSSR count). The number of pyridine rings is 1. The zero-order valence-electron chi connectivity index (χ0n) is 28.1. The number of aromatic carboxylic acids is 1. The number of carbonyl (C=O) groups excluding carboxylic acids is 1. The number of carbonyl (C=O) groups is 2. The van der Waals surface area contributed by atoms with E-state index in [1.54, 1.807) is 6.07 Å². The fraction of sp³-hybridized carbons (Fsp3) is 0.345. The van der Waals surface area contributed by atoms with E-state index in [0.29, 0.717) is 34.5 Å². The first-order valence-electron chi connectivity index (χ1n) is 14.4. The smallest absolute Gasteiger partial charge is 0.442 e. The van der Waals surface area contributed by atoms with E-state index < -0.39 is 56.2 Å². The summed E-state index contributed by atoms with van der Waals surface area (Å²) in [6.45, 7) is 9.47. The number of nitrogens with one attached hydrogen (secondary N) is 2. The highest BCUT2D eigenvalue weighted by Gasteiger charge is 2.36. The van der Waals surface area contributed by atoms with Gasteiger partial charge in [0.15, 0.2) is 5.03 Å². The number of urea groups is 1. The van der Waals surface area contributed by atoms with E-state index in [4.69, 9.17) is 46.9 Å². The molecule has 0 saturated heterocycles. The molecule has 0 aliphatic heterocycles. The summed E-state index contributed by atoms with van der Waals surface area (Å²) in [5, 5.41) is 14.3. The summed E-state index contributed by atoms with van der Waals surface area (Å²) in [4.78, 5) is 45.5. The number of benzene rings is 1. The van der Waals surface area contributed by atoms with Crippen LogP contribution in [0.1, 0.15) is 56.6 Å². The Balaban J connectivity index is 0.000000294. The summed E-state index contributed by atoms with van der Waals surface area (Å²) in [5.41, 5.74) is -2.77. The van der Waals surface area contributed by atoms with Crippen LogP contribution in [-0.4, -0.2) is 70.6 Å². The van der Waals surface area contributed by atoms with E-state index in [1.807, 2.05) is 39.9 Å². The highest BCUT2D eigenvalue weighted by molar-refractivity contribution is 7.90. The Hall–Kier alpha value is -5.15. The molecular formula is C29H30Cl2F3N7O10S. The molecule has 2 amide bonds. The molecule has 0 bridgehead atoms. The number of methoxy groups -OCH3 is 2. The molecule has 52 heavy (non-hydrogen) atoms. The summed E-state index contributed by atoms with van der Waals surface area (Å²) in [5.74, 6) is -2.32. The normalized spacial score (nSPS) is 11.7. The molecule has 0 aliphatic rings. The van der Waals surface area contributed by atoms with E-state index >= 15 is 0 Å². The van der Waals surface area contributed by atoms with Crippen molar-refractivity contribution >= 4 is 51.2 Å². The minimum atomic E-state index is -5.14. The van der Waals surface area contributed by atoms with Gasteiger partial charge in [0.1, 0.15) is 11.4 Å². The van der Waals surface area contributed by atoms with E-state index in [1.165, 1.54) is 31.1 Å². The topological polar surface area (TPSA) is 227 Å². The molecule has 3 N–H and O–H groups in total. The van der Waals surface area contributed by atoms with Crippen molar-refractivity contribution in [2.75, 3.05) is 19.5 Å². The number of alkyl halides is 3. The van der Waals surface area contributed by atoms with Crippen molar-refractivity contribution in [2.45, 2.75) is 57.3 Å². The molecule has 0 saturated carbocycles. The number of ether oxygens (including phenoxy) is 3. The first-order chi connectivity index (χ1) is 24.0. The Morgan fingerprint density at radius 3 is 2.06 bits per heavy atom. The number of hydrogen-bond acceptors (Lipinski definition) is 13. The summed E-state index contributed by atoms with van der Waals surface area (Å²) in [6, 6.07) is 3.53. The average molecular weight is 797 g/mol. The Morgan fingerprint density at radius 1 is 0.981 bits per heavy atom. The minimum absolute atomic E-state index is 0.0623. The third kappa shape index (κ3) is 10.4. The summed E-state index contributed by atoms with van der Waals surface area (Å²) in [7, 11) is -2.66. The van der Waals surface area contributed by atoms with E-state index in [9.17, 15) is 36.0 Å². The van der Waals surface area contributed by atoms with Gasteiger partial charge in [0, 0.05) is 11.5 Å². The highest BCUT2D eigenvalue weighted by atomic mass is 35.5. The summed E-state index contributed by atoms with van der Waals surface area (Å²) >= 11 is 12.3. The third-order valence-corrected chi connectivity index (χ3v) is 7.84. The molecule has 3 aromatic heterocycles. The number of rotatable bonds is 9. The fourth-order valence-electron chi connectivity index (χ4n) is 3.69. The van der Waals surface area contributed by atoms with Crippen molar-refractivity contribution < 1.29 is 54.9 Å². The lowest BCUT2D eigenvalue weighted by Crippen LogP contribution is -2.36. The molecule has 0 aliphatic carbocycles. The molecule has 23 heteroatoms. The third-order valence-electron chi connectivity index (χ3n) is 5.97. The standard InChI is InChI=1S/C15H18Cl2N2O3.C14H12F3N5O7S/c1-8(2)21-12-7-11(9(16)6-10(12)17)19-14(20)22-13(18-19)15(3,4)5;1-28-8-5-9(29-2)20-12(19-8)21-13(25)22-30(26,27)10-6(11(23)24)3-4-7(18-10)14(15,16)17/h6-8H,1-5H3;3-5H,1-2H3,(H,23,24)(H2,19,20,21,22,25). The van der Waals surface area contributed by atoms with Crippen molar-refractivity contribution in [1.29, 1.82) is 0 Å². The van der Waals surface area contributed by atoms with Gasteiger partial charge >= 0.3 is 23.9 Å². The zero-order chi connectivity index (χ0) is 39.3. The number of aromatic nitrogens is 5. The van der Waals surface area contributed by atoms with Gasteiger partial charge in [-0.15, -0.1) is 5.10 Å². The first kappa shape index (κ1) is 41.3. The lowest BCUT2D eigenvalue weighted by Gasteiger charge is -2.13. The maximum atomic E-state index is 12.8. The number of anilines is 1. The van der Waals surface area contributed by atoms with Gasteiger partial charge in [-0.25, -0.2) is 24.1 Å². The predicted octanol–water partition coefficient (Wildman–Crippen LogP) is 5.33. The van der Waals surface area contributed by atoms with Crippen LogP contribution < -0.4 is 30.0 Å². The van der Waals surface area contributed by atoms with Gasteiger partial charge in [-0.05, 0) is 32.0 Å². The zero-order valence-corrected chi connectivity index (χ0v) is 30.4. The van der Waals surface area contributed by atoms with Gasteiger partial charge in [-0.3, -0.25) is 5.32 Å². The molecule has 0 unspecified atom stereocenters. The largest absolute Gasteiger partial charge is 0.489 e. The van der Waals surface area contributed by atoms with Crippen LogP contribution in [0.3, 0.4) is 0 Å². The number of hydrogen-bond donors (Lipinski definition) is 3. The van der Waals surface area contributed by atoms with Crippen LogP contribution in [0.15, 0.2) is 44.6 Å². The van der Waals surface area contributed by atoms with Crippen LogP contribution in [0.25, 0.3) is 5.69 Å². The lowest BCUT2D eigenvalue weighted by molar-refractivity contribution is -0.141. The quantitative estimate of drug-likeness (QED) is 0.195. The molecule has 1 aromatic carbocycles. The van der Waals surface area contributed by atoms with Crippen LogP contribution in [0.2, 0.25) is 10.0 Å². The number of halogens is 5. The van der Waals surface area contributed by atoms with Gasteiger partial charge < -0.3 is 23.7 Å². The second kappa shape index (κ2) is 16.0. The minimum Gasteiger partial charge on any atom is -0.489 e. The van der Waals surface area contributed by atoms with Gasteiger partial charge in [0.2, 0.25) is 23.6 Å². The Morgan fingerprint density at radius 2 is 1.58 bits per heavy atom. The van der Waals surface area contributed by atoms with Crippen LogP contribution in [0, 0.1) is 0 Å². The van der Waals surface area contributed by atoms with Crippen molar-refractivity contribution in [3.05, 3.63) is 68.1 Å². The number of nitrogens with zero attached hydrogens (tertiary/aromatic N) is 5. The maximum absolute atomic E-state index is 12.8. The van der Waals surface area contributed by atoms with Gasteiger partial charge in [-0.2, -0.15) is 36.2 Å². The number of sulfonamides is 1. The molecule has 17 nitrogen and oxygen atoms in total. The second-order valence-corrected chi connectivity index (χ2v) is 13.8. The molecule has 0 fully saturated rings. The van der Waals surface area contributed by atoms with E-state index in [2.05, 4.69) is 20.1 Å². The first-order valence-corrected chi connectivity index (χ1v) is 16.6. The summed E-state index contributed by atoms with van der Waals surface area (Å²) in [6.07, 6.45) is -5.13. The lowest BCUT2D eigenvalue weighted by atomic mass is 9.97. The maximum Gasteiger partial charge on any atom is 0.442 e. The van der Waals surface area contributed by atoms with Crippen LogP contribution in [0.4, 0.5) is 23.9 Å². The number of amides is 2. The number of carboxylic acid groups (broad SMARTS) is 1. The van der Waals surface area contributed by atoms with Gasteiger partial charge in [0.05, 0.1) is 47.7 Å². The number of carboxylic acids is 1. The fourth-order valence-corrected chi connectivity index (χ4v) is 5.25. The van der Waals surface area contributed by atoms with Crippen molar-refractivity contribution in [2.24, 2.45) is 0 Å². The van der Waals surface area contributed by atoms with Crippen LogP contribution >= 0.6 is 23.2 Å².